The van der Waals surface area contributed by atoms with E-state index in [9.17, 15) is 9.90 Å². The number of carboxylic acids is 1. The van der Waals surface area contributed by atoms with Gasteiger partial charge in [-0.2, -0.15) is 4.98 Å². The van der Waals surface area contributed by atoms with Gasteiger partial charge in [-0.25, -0.2) is 9.78 Å². The van der Waals surface area contributed by atoms with Gasteiger partial charge in [-0.15, -0.1) is 0 Å². The van der Waals surface area contributed by atoms with Crippen LogP contribution in [0.5, 0.6) is 23.1 Å². The molecule has 0 aliphatic carbocycles. The summed E-state index contributed by atoms with van der Waals surface area (Å²) in [5.41, 5.74) is 3.10. The molecule has 0 aliphatic rings. The topological polar surface area (TPSA) is 112 Å². The van der Waals surface area contributed by atoms with Gasteiger partial charge in [-0.3, -0.25) is 0 Å². The van der Waals surface area contributed by atoms with Crippen molar-refractivity contribution in [3.05, 3.63) is 53.1 Å². The molecule has 204 valence electrons. The fourth-order valence-electron chi connectivity index (χ4n) is 4.41. The van der Waals surface area contributed by atoms with Gasteiger partial charge in [0.15, 0.2) is 5.75 Å². The zero-order valence-electron chi connectivity index (χ0n) is 22.4. The van der Waals surface area contributed by atoms with Crippen LogP contribution >= 0.6 is 11.6 Å². The van der Waals surface area contributed by atoms with Crippen molar-refractivity contribution in [2.75, 3.05) is 39.3 Å². The smallest absolute Gasteiger partial charge is 0.335 e. The molecule has 0 fully saturated rings. The minimum Gasteiger partial charge on any atom is -0.496 e. The Morgan fingerprint density at radius 1 is 0.949 bits per heavy atom. The van der Waals surface area contributed by atoms with Gasteiger partial charge in [-0.1, -0.05) is 23.7 Å². The third kappa shape index (κ3) is 5.35. The summed E-state index contributed by atoms with van der Waals surface area (Å²) in [6.07, 6.45) is 0. The van der Waals surface area contributed by atoms with E-state index in [1.807, 2.05) is 39.0 Å². The molecule has 0 saturated carbocycles. The Balaban J connectivity index is 2.30. The monoisotopic (exact) mass is 551 g/mol. The van der Waals surface area contributed by atoms with E-state index in [-0.39, 0.29) is 5.56 Å². The zero-order chi connectivity index (χ0) is 28.1. The van der Waals surface area contributed by atoms with Gasteiger partial charge in [0.25, 0.3) is 0 Å². The summed E-state index contributed by atoms with van der Waals surface area (Å²) >= 11 is 6.44. The van der Waals surface area contributed by atoms with Crippen molar-refractivity contribution in [1.29, 1.82) is 0 Å². The van der Waals surface area contributed by atoms with Crippen molar-refractivity contribution < 1.29 is 28.8 Å². The number of carbonyl (C=O) groups is 1. The number of benzene rings is 3. The number of anilines is 1. The molecule has 0 atom stereocenters. The second-order valence-corrected chi connectivity index (χ2v) is 8.70. The van der Waals surface area contributed by atoms with E-state index in [4.69, 9.17) is 35.5 Å². The summed E-state index contributed by atoms with van der Waals surface area (Å²) < 4.78 is 24.3. The molecule has 0 unspecified atom stereocenters. The Morgan fingerprint density at radius 2 is 1.67 bits per heavy atom. The van der Waals surface area contributed by atoms with Crippen molar-refractivity contribution in [1.82, 2.24) is 9.97 Å². The summed E-state index contributed by atoms with van der Waals surface area (Å²) in [7, 11) is 3.21. The largest absolute Gasteiger partial charge is 0.496 e. The van der Waals surface area contributed by atoms with E-state index in [2.05, 4.69) is 10.3 Å². The van der Waals surface area contributed by atoms with Crippen LogP contribution < -0.4 is 24.3 Å². The SMILES string of the molecule is CCOc1c(-c2ccc(C(=O)O)cc2OC)c(OCC)c2nc(NC)nc(OCC)c2c1-c1cccc(Cl)c1. The lowest BCUT2D eigenvalue weighted by atomic mass is 9.91. The van der Waals surface area contributed by atoms with E-state index in [0.717, 1.165) is 5.56 Å². The van der Waals surface area contributed by atoms with E-state index < -0.39 is 5.97 Å². The van der Waals surface area contributed by atoms with Crippen LogP contribution in [0, 0.1) is 0 Å². The number of rotatable bonds is 11. The highest BCUT2D eigenvalue weighted by molar-refractivity contribution is 6.31. The van der Waals surface area contributed by atoms with Gasteiger partial charge in [0.05, 0.1) is 43.4 Å². The molecule has 4 aromatic rings. The summed E-state index contributed by atoms with van der Waals surface area (Å²) in [5, 5.41) is 13.7. The van der Waals surface area contributed by atoms with Crippen LogP contribution in [-0.4, -0.2) is 55.0 Å². The number of aromatic carboxylic acids is 1. The van der Waals surface area contributed by atoms with Crippen LogP contribution in [0.3, 0.4) is 0 Å². The maximum Gasteiger partial charge on any atom is 0.335 e. The van der Waals surface area contributed by atoms with Crippen LogP contribution in [0.4, 0.5) is 5.95 Å². The molecular weight excluding hydrogens is 522 g/mol. The number of nitrogens with one attached hydrogen (secondary N) is 1. The molecule has 1 heterocycles. The van der Waals surface area contributed by atoms with Gasteiger partial charge in [0, 0.05) is 23.2 Å². The minimum absolute atomic E-state index is 0.0841. The van der Waals surface area contributed by atoms with Crippen LogP contribution in [0.15, 0.2) is 42.5 Å². The summed E-state index contributed by atoms with van der Waals surface area (Å²) in [6.45, 7) is 6.64. The van der Waals surface area contributed by atoms with E-state index in [1.54, 1.807) is 19.2 Å². The number of methoxy groups -OCH3 is 1. The van der Waals surface area contributed by atoms with Gasteiger partial charge < -0.3 is 29.4 Å². The molecule has 0 bridgehead atoms. The third-order valence-corrected chi connectivity index (χ3v) is 6.17. The van der Waals surface area contributed by atoms with E-state index in [0.29, 0.717) is 81.5 Å². The van der Waals surface area contributed by atoms with Crippen molar-refractivity contribution in [2.45, 2.75) is 20.8 Å². The van der Waals surface area contributed by atoms with E-state index >= 15 is 0 Å². The predicted molar refractivity (Wildman–Crippen MR) is 152 cm³/mol. The standard InChI is InChI=1S/C29H30ClN3O6/c1-6-37-25-21(16-10-9-11-18(30)14-16)23-24(32-29(31-4)33-27(23)39-8-3)26(38-7-2)22(25)19-13-12-17(28(34)35)15-20(19)36-5/h9-15H,6-8H2,1-5H3,(H,34,35)(H,31,32,33). The maximum atomic E-state index is 11.7. The summed E-state index contributed by atoms with van der Waals surface area (Å²) in [5.74, 6) is 0.847. The Labute approximate surface area is 231 Å². The molecule has 0 spiro atoms. The molecule has 0 radical (unpaired) electrons. The van der Waals surface area contributed by atoms with Crippen molar-refractivity contribution in [3.63, 3.8) is 0 Å². The first kappa shape index (κ1) is 27.8. The normalized spacial score (nSPS) is 10.8. The molecule has 10 heteroatoms. The number of aromatic nitrogens is 2. The highest BCUT2D eigenvalue weighted by atomic mass is 35.5. The molecule has 0 amide bonds. The van der Waals surface area contributed by atoms with Crippen LogP contribution in [0.25, 0.3) is 33.2 Å². The first-order valence-corrected chi connectivity index (χ1v) is 12.9. The first-order valence-electron chi connectivity index (χ1n) is 12.5. The molecule has 1 aromatic heterocycles. The molecule has 9 nitrogen and oxygen atoms in total. The maximum absolute atomic E-state index is 11.7. The third-order valence-electron chi connectivity index (χ3n) is 5.94. The number of halogens is 1. The molecule has 0 aliphatic heterocycles. The lowest BCUT2D eigenvalue weighted by Crippen LogP contribution is -2.08. The number of fused-ring (bicyclic) bond motifs is 1. The minimum atomic E-state index is -1.07. The van der Waals surface area contributed by atoms with Crippen molar-refractivity contribution in [3.8, 4) is 45.4 Å². The van der Waals surface area contributed by atoms with Crippen molar-refractivity contribution in [2.24, 2.45) is 0 Å². The number of nitrogens with zero attached hydrogens (tertiary/aromatic N) is 2. The molecule has 4 rings (SSSR count). The van der Waals surface area contributed by atoms with Crippen LogP contribution in [-0.2, 0) is 0 Å². The van der Waals surface area contributed by atoms with Gasteiger partial charge in [-0.05, 0) is 56.7 Å². The fourth-order valence-corrected chi connectivity index (χ4v) is 4.60. The summed E-state index contributed by atoms with van der Waals surface area (Å²) in [4.78, 5) is 21.1. The molecular formula is C29H30ClN3O6. The highest BCUT2D eigenvalue weighted by Gasteiger charge is 2.30. The van der Waals surface area contributed by atoms with Crippen LogP contribution in [0.2, 0.25) is 5.02 Å². The lowest BCUT2D eigenvalue weighted by molar-refractivity contribution is 0.0696. The predicted octanol–water partition coefficient (Wildman–Crippen LogP) is 6.56. The molecule has 0 saturated heterocycles. The number of hydrogen-bond acceptors (Lipinski definition) is 8. The van der Waals surface area contributed by atoms with Crippen LogP contribution in [0.1, 0.15) is 31.1 Å². The Bertz CT molecular complexity index is 1530. The Hall–Kier alpha value is -4.24. The number of carboxylic acid groups (broad SMARTS) is 1. The van der Waals surface area contributed by atoms with E-state index in [1.165, 1.54) is 19.2 Å². The van der Waals surface area contributed by atoms with Crippen molar-refractivity contribution >= 4 is 34.4 Å². The lowest BCUT2D eigenvalue weighted by Gasteiger charge is -2.24. The number of hydrogen-bond donors (Lipinski definition) is 2. The second kappa shape index (κ2) is 12.1. The fraction of sp³-hybridized carbons (Fsp3) is 0.276. The Morgan fingerprint density at radius 3 is 2.28 bits per heavy atom. The molecule has 2 N–H and O–H groups in total. The van der Waals surface area contributed by atoms with Gasteiger partial charge >= 0.3 is 5.97 Å². The summed E-state index contributed by atoms with van der Waals surface area (Å²) in [6, 6.07) is 12.0. The van der Waals surface area contributed by atoms with Gasteiger partial charge in [0.1, 0.15) is 17.0 Å². The van der Waals surface area contributed by atoms with Gasteiger partial charge in [0.2, 0.25) is 11.8 Å². The second-order valence-electron chi connectivity index (χ2n) is 8.26. The average molecular weight is 552 g/mol. The zero-order valence-corrected chi connectivity index (χ0v) is 23.2. The first-order chi connectivity index (χ1) is 18.9. The Kier molecular flexibility index (Phi) is 8.61. The molecule has 3 aromatic carbocycles. The molecule has 39 heavy (non-hydrogen) atoms. The number of ether oxygens (including phenoxy) is 4. The highest BCUT2D eigenvalue weighted by Crippen LogP contribution is 2.54. The average Bonchev–Trinajstić information content (AvgIpc) is 2.93. The quantitative estimate of drug-likeness (QED) is 0.214.